The summed E-state index contributed by atoms with van der Waals surface area (Å²) in [5.41, 5.74) is 0.705. The lowest BCUT2D eigenvalue weighted by atomic mass is 9.93. The third-order valence-electron chi connectivity index (χ3n) is 3.23. The van der Waals surface area contributed by atoms with Crippen LogP contribution in [0, 0.1) is 10.1 Å². The van der Waals surface area contributed by atoms with Gasteiger partial charge in [0.1, 0.15) is 0 Å². The fraction of sp³-hybridized carbons (Fsp3) is 0.200. The number of hydrogen-bond donors (Lipinski definition) is 0. The molecule has 1 unspecified atom stereocenters. The Morgan fingerprint density at radius 2 is 1.90 bits per heavy atom. The van der Waals surface area contributed by atoms with Crippen molar-refractivity contribution in [2.45, 2.75) is 19.8 Å². The standard InChI is InChI=1S/C15H14N2O4/c1-10(18)15-9-12(7-8-16(15)11(2)19)13-5-3-4-6-14(13)17(20)21/h3-9,12H,1-2H3. The summed E-state index contributed by atoms with van der Waals surface area (Å²) in [6, 6.07) is 6.35. The predicted octanol–water partition coefficient (Wildman–Crippen LogP) is 2.53. The van der Waals surface area contributed by atoms with Gasteiger partial charge in [0.2, 0.25) is 5.91 Å². The van der Waals surface area contributed by atoms with Crippen molar-refractivity contribution in [3.8, 4) is 0 Å². The van der Waals surface area contributed by atoms with Crippen molar-refractivity contribution >= 4 is 17.4 Å². The Balaban J connectivity index is 2.48. The van der Waals surface area contributed by atoms with Gasteiger partial charge >= 0.3 is 0 Å². The van der Waals surface area contributed by atoms with Gasteiger partial charge in [0, 0.05) is 37.6 Å². The van der Waals surface area contributed by atoms with Crippen LogP contribution in [0.15, 0.2) is 48.3 Å². The van der Waals surface area contributed by atoms with Crippen LogP contribution in [-0.4, -0.2) is 21.5 Å². The van der Waals surface area contributed by atoms with Crippen LogP contribution in [0.4, 0.5) is 5.69 Å². The van der Waals surface area contributed by atoms with Crippen LogP contribution < -0.4 is 0 Å². The summed E-state index contributed by atoms with van der Waals surface area (Å²) in [5, 5.41) is 11.1. The first kappa shape index (κ1) is 14.6. The van der Waals surface area contributed by atoms with Crippen molar-refractivity contribution in [1.82, 2.24) is 4.90 Å². The molecule has 21 heavy (non-hydrogen) atoms. The highest BCUT2D eigenvalue weighted by molar-refractivity contribution is 5.98. The number of allylic oxidation sites excluding steroid dienone is 3. The quantitative estimate of drug-likeness (QED) is 0.631. The molecule has 1 aromatic carbocycles. The molecule has 0 aliphatic carbocycles. The SMILES string of the molecule is CC(=O)C1=CC(c2ccccc2[N+](=O)[O-])C=CN1C(C)=O. The van der Waals surface area contributed by atoms with Gasteiger partial charge in [-0.15, -0.1) is 0 Å². The first-order valence-electron chi connectivity index (χ1n) is 6.36. The van der Waals surface area contributed by atoms with E-state index >= 15 is 0 Å². The molecule has 1 aromatic rings. The zero-order chi connectivity index (χ0) is 15.6. The summed E-state index contributed by atoms with van der Waals surface area (Å²) in [6.07, 6.45) is 4.72. The van der Waals surface area contributed by atoms with E-state index in [4.69, 9.17) is 0 Å². The zero-order valence-corrected chi connectivity index (χ0v) is 11.6. The Morgan fingerprint density at radius 1 is 1.24 bits per heavy atom. The van der Waals surface area contributed by atoms with Crippen molar-refractivity contribution in [1.29, 1.82) is 0 Å². The number of nitro benzene ring substituents is 1. The van der Waals surface area contributed by atoms with Gasteiger partial charge in [-0.3, -0.25) is 24.6 Å². The summed E-state index contributed by atoms with van der Waals surface area (Å²) in [4.78, 5) is 35.1. The van der Waals surface area contributed by atoms with E-state index in [2.05, 4.69) is 0 Å². The highest BCUT2D eigenvalue weighted by Crippen LogP contribution is 2.32. The number of ketones is 1. The van der Waals surface area contributed by atoms with Gasteiger partial charge in [-0.2, -0.15) is 0 Å². The van der Waals surface area contributed by atoms with Crippen molar-refractivity contribution < 1.29 is 14.5 Å². The lowest BCUT2D eigenvalue weighted by molar-refractivity contribution is -0.385. The summed E-state index contributed by atoms with van der Waals surface area (Å²) in [7, 11) is 0. The molecule has 1 aliphatic heterocycles. The second kappa shape index (κ2) is 5.70. The first-order chi connectivity index (χ1) is 9.91. The molecular formula is C15H14N2O4. The monoisotopic (exact) mass is 286 g/mol. The number of para-hydroxylation sites is 1. The number of nitrogens with zero attached hydrogens (tertiary/aromatic N) is 2. The van der Waals surface area contributed by atoms with Crippen molar-refractivity contribution in [3.05, 3.63) is 64.0 Å². The normalized spacial score (nSPS) is 17.3. The highest BCUT2D eigenvalue weighted by atomic mass is 16.6. The van der Waals surface area contributed by atoms with Crippen molar-refractivity contribution in [2.75, 3.05) is 0 Å². The number of Topliss-reactive ketones (excluding diaryl/α,β-unsaturated/α-hetero) is 1. The Bertz CT molecular complexity index is 676. The second-order valence-electron chi connectivity index (χ2n) is 4.68. The minimum Gasteiger partial charge on any atom is -0.293 e. The maximum atomic E-state index is 11.7. The summed E-state index contributed by atoms with van der Waals surface area (Å²) < 4.78 is 0. The van der Waals surface area contributed by atoms with E-state index in [-0.39, 0.29) is 23.1 Å². The fourth-order valence-electron chi connectivity index (χ4n) is 2.26. The molecule has 0 saturated carbocycles. The van der Waals surface area contributed by atoms with Crippen LogP contribution >= 0.6 is 0 Å². The summed E-state index contributed by atoms with van der Waals surface area (Å²) >= 11 is 0. The van der Waals surface area contributed by atoms with E-state index < -0.39 is 10.8 Å². The molecule has 1 atom stereocenters. The van der Waals surface area contributed by atoms with Crippen LogP contribution in [0.5, 0.6) is 0 Å². The van der Waals surface area contributed by atoms with Crippen LogP contribution in [0.1, 0.15) is 25.3 Å². The molecule has 0 bridgehead atoms. The molecule has 1 amide bonds. The van der Waals surface area contributed by atoms with Crippen LogP contribution in [0.25, 0.3) is 0 Å². The minimum absolute atomic E-state index is 0.0115. The molecule has 0 fully saturated rings. The zero-order valence-electron chi connectivity index (χ0n) is 11.6. The Hall–Kier alpha value is -2.76. The molecule has 1 aliphatic rings. The molecule has 6 heteroatoms. The summed E-state index contributed by atoms with van der Waals surface area (Å²) in [5.74, 6) is -0.965. The number of rotatable bonds is 3. The average Bonchev–Trinajstić information content (AvgIpc) is 2.46. The molecule has 0 N–H and O–H groups in total. The smallest absolute Gasteiger partial charge is 0.273 e. The number of amides is 1. The number of benzene rings is 1. The molecule has 0 radical (unpaired) electrons. The van der Waals surface area contributed by atoms with Gasteiger partial charge in [-0.05, 0) is 6.08 Å². The van der Waals surface area contributed by atoms with Crippen LogP contribution in [0.3, 0.4) is 0 Å². The van der Waals surface area contributed by atoms with Crippen molar-refractivity contribution in [2.24, 2.45) is 0 Å². The number of carbonyl (C=O) groups excluding carboxylic acids is 2. The van der Waals surface area contributed by atoms with E-state index in [9.17, 15) is 19.7 Å². The van der Waals surface area contributed by atoms with Crippen LogP contribution in [0.2, 0.25) is 0 Å². The second-order valence-corrected chi connectivity index (χ2v) is 4.68. The minimum atomic E-state index is -0.457. The third kappa shape index (κ3) is 2.89. The van der Waals surface area contributed by atoms with Gasteiger partial charge in [0.25, 0.3) is 5.69 Å². The molecule has 0 saturated heterocycles. The Morgan fingerprint density at radius 3 is 2.48 bits per heavy atom. The molecule has 108 valence electrons. The maximum Gasteiger partial charge on any atom is 0.273 e. The topological polar surface area (TPSA) is 80.5 Å². The Kier molecular flexibility index (Phi) is 3.98. The number of nitro groups is 1. The first-order valence-corrected chi connectivity index (χ1v) is 6.36. The van der Waals surface area contributed by atoms with E-state index in [0.717, 1.165) is 0 Å². The molecular weight excluding hydrogens is 272 g/mol. The van der Waals surface area contributed by atoms with E-state index in [1.54, 1.807) is 30.4 Å². The van der Waals surface area contributed by atoms with Gasteiger partial charge < -0.3 is 0 Å². The molecule has 0 spiro atoms. The lowest BCUT2D eigenvalue weighted by Crippen LogP contribution is -2.28. The molecule has 1 heterocycles. The van der Waals surface area contributed by atoms with Gasteiger partial charge in [0.15, 0.2) is 5.78 Å². The van der Waals surface area contributed by atoms with E-state index in [1.165, 1.54) is 31.0 Å². The average molecular weight is 286 g/mol. The lowest BCUT2D eigenvalue weighted by Gasteiger charge is -2.24. The predicted molar refractivity (Wildman–Crippen MR) is 76.3 cm³/mol. The number of hydrogen-bond acceptors (Lipinski definition) is 4. The van der Waals surface area contributed by atoms with Crippen molar-refractivity contribution in [3.63, 3.8) is 0 Å². The molecule has 0 aromatic heterocycles. The fourth-order valence-corrected chi connectivity index (χ4v) is 2.26. The van der Waals surface area contributed by atoms with E-state index in [1.807, 2.05) is 0 Å². The summed E-state index contributed by atoms with van der Waals surface area (Å²) in [6.45, 7) is 2.71. The highest BCUT2D eigenvalue weighted by Gasteiger charge is 2.25. The molecule has 6 nitrogen and oxygen atoms in total. The van der Waals surface area contributed by atoms with Gasteiger partial charge in [0.05, 0.1) is 10.6 Å². The Labute approximate surface area is 121 Å². The van der Waals surface area contributed by atoms with E-state index in [0.29, 0.717) is 5.56 Å². The third-order valence-corrected chi connectivity index (χ3v) is 3.23. The number of carbonyl (C=O) groups is 2. The van der Waals surface area contributed by atoms with Crippen LogP contribution in [-0.2, 0) is 9.59 Å². The maximum absolute atomic E-state index is 11.7. The van der Waals surface area contributed by atoms with Gasteiger partial charge in [-0.25, -0.2) is 0 Å². The van der Waals surface area contributed by atoms with Gasteiger partial charge in [-0.1, -0.05) is 24.3 Å². The molecule has 2 rings (SSSR count). The largest absolute Gasteiger partial charge is 0.293 e.